The van der Waals surface area contributed by atoms with Crippen LogP contribution in [0.15, 0.2) is 53.2 Å². The van der Waals surface area contributed by atoms with Gasteiger partial charge in [0, 0.05) is 18.5 Å². The number of hydrogen-bond donors (Lipinski definition) is 2. The average Bonchev–Trinajstić information content (AvgIpc) is 3.37. The van der Waals surface area contributed by atoms with E-state index in [1.165, 1.54) is 24.1 Å². The first-order chi connectivity index (χ1) is 19.0. The maximum atomic E-state index is 13.5. The number of halogens is 3. The van der Waals surface area contributed by atoms with Crippen LogP contribution in [0.2, 0.25) is 0 Å². The number of urea groups is 1. The number of esters is 1. The summed E-state index contributed by atoms with van der Waals surface area (Å²) in [5.41, 5.74) is 0.176. The fourth-order valence-electron chi connectivity index (χ4n) is 4.63. The number of alkyl halides is 3. The number of ether oxygens (including phenoxy) is 1. The van der Waals surface area contributed by atoms with Crippen molar-refractivity contribution in [1.29, 1.82) is 0 Å². The summed E-state index contributed by atoms with van der Waals surface area (Å²) in [6.45, 7) is 1.83. The second-order valence-corrected chi connectivity index (χ2v) is 9.55. The van der Waals surface area contributed by atoms with Gasteiger partial charge in [0.2, 0.25) is 18.0 Å². The van der Waals surface area contributed by atoms with E-state index in [1.807, 2.05) is 19.1 Å². The molecule has 1 aliphatic rings. The monoisotopic (exact) mass is 559 g/mol. The van der Waals surface area contributed by atoms with Gasteiger partial charge in [-0.15, -0.1) is 0 Å². The van der Waals surface area contributed by atoms with Crippen LogP contribution in [0.4, 0.5) is 35.2 Å². The van der Waals surface area contributed by atoms with E-state index < -0.39 is 23.7 Å². The molecule has 3 aromatic rings. The molecule has 13 heteroatoms. The minimum atomic E-state index is -4.73. The Morgan fingerprint density at radius 3 is 2.55 bits per heavy atom. The number of nitrogens with zero attached hydrogens (tertiary/aromatic N) is 3. The zero-order valence-corrected chi connectivity index (χ0v) is 21.8. The number of hydrogen-bond acceptors (Lipinski definition) is 6. The van der Waals surface area contributed by atoms with Gasteiger partial charge in [-0.2, -0.15) is 13.2 Å². The van der Waals surface area contributed by atoms with Gasteiger partial charge in [0.15, 0.2) is 17.3 Å². The average molecular weight is 560 g/mol. The Morgan fingerprint density at radius 1 is 1.12 bits per heavy atom. The highest BCUT2D eigenvalue weighted by Crippen LogP contribution is 2.34. The molecule has 4 rings (SSSR count). The zero-order chi connectivity index (χ0) is 28.9. The van der Waals surface area contributed by atoms with Gasteiger partial charge in [0.05, 0.1) is 25.0 Å². The van der Waals surface area contributed by atoms with Crippen LogP contribution in [-0.2, 0) is 26.9 Å². The highest BCUT2D eigenvalue weighted by molar-refractivity contribution is 6.04. The number of aryl methyl sites for hydroxylation is 1. The summed E-state index contributed by atoms with van der Waals surface area (Å²) in [5.74, 6) is -1.26. The Bertz CT molecular complexity index is 1390. The van der Waals surface area contributed by atoms with Gasteiger partial charge >= 0.3 is 12.1 Å². The van der Waals surface area contributed by atoms with E-state index in [0.29, 0.717) is 12.8 Å². The molecule has 1 fully saturated rings. The number of aromatic nitrogens is 2. The van der Waals surface area contributed by atoms with Crippen molar-refractivity contribution < 1.29 is 41.5 Å². The molecule has 2 atom stereocenters. The normalized spacial score (nSPS) is 17.1. The first kappa shape index (κ1) is 28.6. The Labute approximate surface area is 227 Å². The lowest BCUT2D eigenvalue weighted by Crippen LogP contribution is -2.44. The molecule has 0 saturated heterocycles. The van der Waals surface area contributed by atoms with Crippen LogP contribution in [0.5, 0.6) is 0 Å². The first-order valence-corrected chi connectivity index (χ1v) is 12.6. The second kappa shape index (κ2) is 12.2. The largest absolute Gasteiger partial charge is 0.469 e. The van der Waals surface area contributed by atoms with Crippen molar-refractivity contribution in [2.75, 3.05) is 17.7 Å². The van der Waals surface area contributed by atoms with E-state index in [4.69, 9.17) is 9.26 Å². The van der Waals surface area contributed by atoms with Crippen LogP contribution in [0.1, 0.15) is 48.4 Å². The van der Waals surface area contributed by atoms with Crippen molar-refractivity contribution in [1.82, 2.24) is 5.27 Å². The number of rotatable bonds is 7. The molecular weight excluding hydrogens is 531 g/mol. The van der Waals surface area contributed by atoms with Crippen LogP contribution in [0.25, 0.3) is 5.32 Å². The Morgan fingerprint density at radius 2 is 1.85 bits per heavy atom. The first-order valence-electron chi connectivity index (χ1n) is 12.6. The van der Waals surface area contributed by atoms with Crippen LogP contribution in [-0.4, -0.2) is 30.3 Å². The van der Waals surface area contributed by atoms with Crippen LogP contribution < -0.4 is 15.3 Å². The summed E-state index contributed by atoms with van der Waals surface area (Å²) in [5, 5.41) is 12.3. The molecule has 2 aromatic carbocycles. The van der Waals surface area contributed by atoms with Gasteiger partial charge in [-0.05, 0) is 54.8 Å². The molecule has 10 nitrogen and oxygen atoms in total. The van der Waals surface area contributed by atoms with E-state index in [2.05, 4.69) is 21.2 Å². The number of nitrogens with one attached hydrogen (secondary N) is 2. The van der Waals surface area contributed by atoms with E-state index in [0.717, 1.165) is 36.1 Å². The Kier molecular flexibility index (Phi) is 8.70. The van der Waals surface area contributed by atoms with Gasteiger partial charge in [0.1, 0.15) is 0 Å². The van der Waals surface area contributed by atoms with Crippen molar-refractivity contribution in [2.45, 2.75) is 51.2 Å². The molecule has 0 unspecified atom stereocenters. The van der Waals surface area contributed by atoms with E-state index in [-0.39, 0.29) is 41.6 Å². The van der Waals surface area contributed by atoms with Crippen molar-refractivity contribution in [3.63, 3.8) is 0 Å². The van der Waals surface area contributed by atoms with Crippen molar-refractivity contribution in [2.24, 2.45) is 5.92 Å². The SMILES string of the molecule is COC(=O)[C@@H]1CCC[C@@H]([n+]2cc([N-]C(=O)Nc3cc(NC(=O)Cc4ccccc4C)cc(C(F)(F)F)c3)on2)C1. The second-order valence-electron chi connectivity index (χ2n) is 9.55. The maximum absolute atomic E-state index is 13.5. The quantitative estimate of drug-likeness (QED) is 0.286. The molecule has 1 heterocycles. The highest BCUT2D eigenvalue weighted by Gasteiger charge is 2.35. The number of benzene rings is 2. The summed E-state index contributed by atoms with van der Waals surface area (Å²) < 4.78 is 52.0. The van der Waals surface area contributed by atoms with Crippen molar-refractivity contribution in [3.05, 3.63) is 70.7 Å². The number of carbonyl (C=O) groups excluding carboxylic acids is 3. The number of anilines is 2. The molecule has 1 aromatic heterocycles. The molecule has 0 spiro atoms. The lowest BCUT2D eigenvalue weighted by atomic mass is 9.86. The van der Waals surface area contributed by atoms with Crippen molar-refractivity contribution >= 4 is 35.2 Å². The predicted molar refractivity (Wildman–Crippen MR) is 137 cm³/mol. The molecule has 40 heavy (non-hydrogen) atoms. The molecule has 1 saturated carbocycles. The minimum absolute atomic E-state index is 0.0349. The smallest absolute Gasteiger partial charge is 0.416 e. The standard InChI is InChI=1S/C27H28F3N5O5/c1-16-6-3-4-7-17(16)11-23(36)31-20-12-19(27(28,29)30)13-21(14-20)32-26(38)33-24-15-35(34-40-24)22-9-5-8-18(10-22)25(37)39-2/h3-4,6-7,12-15,18,22H,5,8-11H2,1-2H3,(H2-,31,32,33,34,36,38)/t18-,22-/m1/s1. The third-order valence-corrected chi connectivity index (χ3v) is 6.65. The van der Waals surface area contributed by atoms with Crippen LogP contribution in [0, 0.1) is 12.8 Å². The summed E-state index contributed by atoms with van der Waals surface area (Å²) in [6.07, 6.45) is -0.688. The molecule has 0 aliphatic heterocycles. The fraction of sp³-hybridized carbons (Fsp3) is 0.370. The molecule has 1 aliphatic carbocycles. The fourth-order valence-corrected chi connectivity index (χ4v) is 4.63. The number of methoxy groups -OCH3 is 1. The third kappa shape index (κ3) is 7.36. The topological polar surface area (TPSA) is 129 Å². The number of carbonyl (C=O) groups is 3. The van der Waals surface area contributed by atoms with Gasteiger partial charge in [0.25, 0.3) is 0 Å². The van der Waals surface area contributed by atoms with Crippen molar-refractivity contribution in [3.8, 4) is 0 Å². The lowest BCUT2D eigenvalue weighted by Gasteiger charge is -2.21. The summed E-state index contributed by atoms with van der Waals surface area (Å²) in [7, 11) is 1.33. The Balaban J connectivity index is 1.42. The van der Waals surface area contributed by atoms with Gasteiger partial charge in [-0.25, -0.2) is 0 Å². The molecule has 0 radical (unpaired) electrons. The summed E-state index contributed by atoms with van der Waals surface area (Å²) >= 11 is 0. The van der Waals surface area contributed by atoms with Gasteiger partial charge in [-0.1, -0.05) is 28.9 Å². The van der Waals surface area contributed by atoms with E-state index >= 15 is 0 Å². The zero-order valence-electron chi connectivity index (χ0n) is 21.8. The predicted octanol–water partition coefficient (Wildman–Crippen LogP) is 5.61. The lowest BCUT2D eigenvalue weighted by molar-refractivity contribution is -0.787. The van der Waals surface area contributed by atoms with Crippen LogP contribution in [0.3, 0.4) is 0 Å². The van der Waals surface area contributed by atoms with Crippen LogP contribution >= 0.6 is 0 Å². The summed E-state index contributed by atoms with van der Waals surface area (Å²) in [6, 6.07) is 8.72. The number of amides is 3. The minimum Gasteiger partial charge on any atom is -0.469 e. The third-order valence-electron chi connectivity index (χ3n) is 6.65. The maximum Gasteiger partial charge on any atom is 0.416 e. The van der Waals surface area contributed by atoms with E-state index in [1.54, 1.807) is 12.1 Å². The van der Waals surface area contributed by atoms with Gasteiger partial charge < -0.3 is 25.2 Å². The highest BCUT2D eigenvalue weighted by atomic mass is 19.4. The molecular formula is C27H28F3N5O5. The summed E-state index contributed by atoms with van der Waals surface area (Å²) in [4.78, 5) is 36.9. The molecule has 2 N–H and O–H groups in total. The molecule has 212 valence electrons. The Hall–Kier alpha value is -4.42. The van der Waals surface area contributed by atoms with Gasteiger partial charge in [-0.3, -0.25) is 14.4 Å². The molecule has 3 amide bonds. The molecule has 0 bridgehead atoms. The van der Waals surface area contributed by atoms with E-state index in [9.17, 15) is 27.6 Å².